The molecule has 0 saturated heterocycles. The van der Waals surface area contributed by atoms with Gasteiger partial charge in [-0.05, 0) is 5.16 Å². The van der Waals surface area contributed by atoms with Crippen molar-refractivity contribution in [1.29, 1.82) is 0 Å². The predicted octanol–water partition coefficient (Wildman–Crippen LogP) is -1.24. The summed E-state index contributed by atoms with van der Waals surface area (Å²) in [6.45, 7) is 1.13. The zero-order valence-electron chi connectivity index (χ0n) is 6.20. The minimum atomic E-state index is -0.552. The second-order valence-corrected chi connectivity index (χ2v) is 2.13. The van der Waals surface area contributed by atoms with Gasteiger partial charge in [-0.3, -0.25) is 9.51 Å². The molecule has 62 valence electrons. The number of aromatic amines is 1. The van der Waals surface area contributed by atoms with Gasteiger partial charge in [0.2, 0.25) is 5.95 Å². The zero-order valence-corrected chi connectivity index (χ0v) is 6.20. The molecule has 0 radical (unpaired) electrons. The van der Waals surface area contributed by atoms with Gasteiger partial charge in [-0.25, -0.2) is 4.79 Å². The lowest BCUT2D eigenvalue weighted by atomic mass is 10.6. The Bertz CT molecular complexity index is 265. The van der Waals surface area contributed by atoms with Gasteiger partial charge in [0.1, 0.15) is 0 Å². The Labute approximate surface area is 63.0 Å². The van der Waals surface area contributed by atoms with Crippen LogP contribution >= 0.6 is 0 Å². The van der Waals surface area contributed by atoms with Gasteiger partial charge in [-0.1, -0.05) is 0 Å². The Morgan fingerprint density at radius 1 is 1.82 bits per heavy atom. The van der Waals surface area contributed by atoms with Crippen LogP contribution in [0.3, 0.4) is 0 Å². The third-order valence-corrected chi connectivity index (χ3v) is 1.25. The summed E-state index contributed by atoms with van der Waals surface area (Å²) in [4.78, 5) is 14.6. The smallest absolute Gasteiger partial charge is 0.342 e. The summed E-state index contributed by atoms with van der Waals surface area (Å²) in [7, 11) is 1.76. The molecule has 0 unspecified atom stereocenters. The summed E-state index contributed by atoms with van der Waals surface area (Å²) in [5.41, 5.74) is 5.28. The number of anilines is 1. The van der Waals surface area contributed by atoms with Gasteiger partial charge < -0.3 is 10.6 Å². The van der Waals surface area contributed by atoms with Crippen LogP contribution in [-0.4, -0.2) is 30.3 Å². The van der Waals surface area contributed by atoms with E-state index in [1.54, 1.807) is 11.9 Å². The molecule has 0 aliphatic heterocycles. The van der Waals surface area contributed by atoms with Crippen LogP contribution in [0, 0.1) is 0 Å². The highest BCUT2D eigenvalue weighted by Gasteiger charge is 2.03. The van der Waals surface area contributed by atoms with Crippen molar-refractivity contribution in [3.8, 4) is 0 Å². The van der Waals surface area contributed by atoms with Crippen LogP contribution in [0.1, 0.15) is 0 Å². The molecule has 3 N–H and O–H groups in total. The quantitative estimate of drug-likeness (QED) is 0.574. The molecule has 0 bridgehead atoms. The Morgan fingerprint density at radius 2 is 2.55 bits per heavy atom. The Balaban J connectivity index is 2.68. The molecule has 0 fully saturated rings. The van der Waals surface area contributed by atoms with Gasteiger partial charge in [0.05, 0.1) is 0 Å². The maximum absolute atomic E-state index is 10.5. The van der Waals surface area contributed by atoms with E-state index in [1.165, 1.54) is 0 Å². The van der Waals surface area contributed by atoms with Crippen molar-refractivity contribution in [2.75, 3.05) is 25.0 Å². The molecule has 0 aliphatic carbocycles. The van der Waals surface area contributed by atoms with Crippen molar-refractivity contribution in [2.24, 2.45) is 5.73 Å². The van der Waals surface area contributed by atoms with E-state index in [9.17, 15) is 4.79 Å². The fourth-order valence-electron chi connectivity index (χ4n) is 0.686. The van der Waals surface area contributed by atoms with Crippen LogP contribution in [0.25, 0.3) is 0 Å². The Morgan fingerprint density at radius 3 is 3.00 bits per heavy atom. The fraction of sp³-hybridized carbons (Fsp3) is 0.600. The lowest BCUT2D eigenvalue weighted by molar-refractivity contribution is 0.386. The first-order valence-corrected chi connectivity index (χ1v) is 3.21. The van der Waals surface area contributed by atoms with Crippen LogP contribution in [-0.2, 0) is 0 Å². The van der Waals surface area contributed by atoms with Crippen molar-refractivity contribution >= 4 is 5.95 Å². The normalized spacial score (nSPS) is 10.0. The lowest BCUT2D eigenvalue weighted by Gasteiger charge is -2.11. The molecule has 0 amide bonds. The standard InChI is InChI=1S/C5H10N4O2/c1-9(3-2-6)4-7-5(10)11-8-4/h2-3,6H2,1H3,(H,7,8,10). The first-order chi connectivity index (χ1) is 5.24. The van der Waals surface area contributed by atoms with Crippen molar-refractivity contribution in [3.05, 3.63) is 10.6 Å². The molecular weight excluding hydrogens is 148 g/mol. The fourth-order valence-corrected chi connectivity index (χ4v) is 0.686. The minimum Gasteiger partial charge on any atom is -0.342 e. The van der Waals surface area contributed by atoms with E-state index in [-0.39, 0.29) is 0 Å². The number of aromatic nitrogens is 2. The maximum atomic E-state index is 10.5. The number of likely N-dealkylation sites (N-methyl/N-ethyl adjacent to an activating group) is 1. The molecule has 1 rings (SSSR count). The second-order valence-electron chi connectivity index (χ2n) is 2.13. The summed E-state index contributed by atoms with van der Waals surface area (Å²) in [6.07, 6.45) is 0. The van der Waals surface area contributed by atoms with Crippen molar-refractivity contribution in [2.45, 2.75) is 0 Å². The number of rotatable bonds is 3. The Kier molecular flexibility index (Phi) is 2.27. The van der Waals surface area contributed by atoms with Crippen LogP contribution in [0.15, 0.2) is 9.32 Å². The van der Waals surface area contributed by atoms with Gasteiger partial charge in [0, 0.05) is 20.1 Å². The summed E-state index contributed by atoms with van der Waals surface area (Å²) < 4.78 is 4.29. The average Bonchev–Trinajstić information content (AvgIpc) is 2.36. The van der Waals surface area contributed by atoms with Crippen LogP contribution < -0.4 is 16.4 Å². The zero-order chi connectivity index (χ0) is 8.27. The first-order valence-electron chi connectivity index (χ1n) is 3.21. The number of nitrogens with one attached hydrogen (secondary N) is 1. The van der Waals surface area contributed by atoms with E-state index in [1.807, 2.05) is 0 Å². The highest BCUT2D eigenvalue weighted by molar-refractivity contribution is 5.23. The van der Waals surface area contributed by atoms with Crippen LogP contribution in [0.5, 0.6) is 0 Å². The molecule has 0 aromatic carbocycles. The molecule has 1 heterocycles. The predicted molar refractivity (Wildman–Crippen MR) is 39.4 cm³/mol. The minimum absolute atomic E-state index is 0.403. The number of nitrogens with two attached hydrogens (primary N) is 1. The molecule has 0 saturated carbocycles. The monoisotopic (exact) mass is 158 g/mol. The van der Waals surface area contributed by atoms with Gasteiger partial charge in [-0.15, -0.1) is 0 Å². The van der Waals surface area contributed by atoms with Gasteiger partial charge in [-0.2, -0.15) is 0 Å². The van der Waals surface area contributed by atoms with E-state index >= 15 is 0 Å². The highest BCUT2D eigenvalue weighted by Crippen LogP contribution is 1.97. The van der Waals surface area contributed by atoms with Crippen molar-refractivity contribution in [1.82, 2.24) is 10.1 Å². The number of H-pyrrole nitrogens is 1. The van der Waals surface area contributed by atoms with E-state index < -0.39 is 5.76 Å². The lowest BCUT2D eigenvalue weighted by Crippen LogP contribution is -2.26. The molecule has 0 spiro atoms. The summed E-state index contributed by atoms with van der Waals surface area (Å²) in [6, 6.07) is 0. The topological polar surface area (TPSA) is 88.2 Å². The summed E-state index contributed by atoms with van der Waals surface area (Å²) >= 11 is 0. The largest absolute Gasteiger partial charge is 0.440 e. The molecule has 6 heteroatoms. The van der Waals surface area contributed by atoms with Crippen molar-refractivity contribution in [3.63, 3.8) is 0 Å². The van der Waals surface area contributed by atoms with Gasteiger partial charge in [0.15, 0.2) is 0 Å². The Hall–Kier alpha value is -1.30. The number of nitrogens with zero attached hydrogens (tertiary/aromatic N) is 2. The molecular formula is C5H10N4O2. The molecule has 0 aliphatic rings. The average molecular weight is 158 g/mol. The third kappa shape index (κ3) is 1.81. The molecule has 6 nitrogen and oxygen atoms in total. The summed E-state index contributed by atoms with van der Waals surface area (Å²) in [5.74, 6) is -0.149. The van der Waals surface area contributed by atoms with Gasteiger partial charge >= 0.3 is 5.76 Å². The third-order valence-electron chi connectivity index (χ3n) is 1.25. The van der Waals surface area contributed by atoms with Gasteiger partial charge in [0.25, 0.3) is 0 Å². The number of hydrogen-bond donors (Lipinski definition) is 2. The van der Waals surface area contributed by atoms with E-state index in [0.29, 0.717) is 19.0 Å². The molecule has 0 atom stereocenters. The van der Waals surface area contributed by atoms with E-state index in [2.05, 4.69) is 14.7 Å². The maximum Gasteiger partial charge on any atom is 0.440 e. The van der Waals surface area contributed by atoms with Crippen LogP contribution in [0.4, 0.5) is 5.95 Å². The second kappa shape index (κ2) is 3.20. The molecule has 11 heavy (non-hydrogen) atoms. The SMILES string of the molecule is CN(CCN)c1noc(=O)[nH]1. The molecule has 1 aromatic heterocycles. The summed E-state index contributed by atoms with van der Waals surface area (Å²) in [5, 5.41) is 3.46. The van der Waals surface area contributed by atoms with E-state index in [0.717, 1.165) is 0 Å². The number of hydrogen-bond acceptors (Lipinski definition) is 5. The van der Waals surface area contributed by atoms with Crippen LogP contribution in [0.2, 0.25) is 0 Å². The van der Waals surface area contributed by atoms with E-state index in [4.69, 9.17) is 5.73 Å². The molecule has 1 aromatic rings. The first kappa shape index (κ1) is 7.80. The van der Waals surface area contributed by atoms with Crippen molar-refractivity contribution < 1.29 is 4.52 Å². The highest BCUT2D eigenvalue weighted by atomic mass is 16.5.